The van der Waals surface area contributed by atoms with Gasteiger partial charge in [-0.3, -0.25) is 4.68 Å². The van der Waals surface area contributed by atoms with Gasteiger partial charge in [-0.1, -0.05) is 6.92 Å². The van der Waals surface area contributed by atoms with E-state index in [9.17, 15) is 13.2 Å². The molecule has 1 aliphatic rings. The van der Waals surface area contributed by atoms with Crippen LogP contribution in [0.3, 0.4) is 0 Å². The first-order valence-corrected chi connectivity index (χ1v) is 6.35. The van der Waals surface area contributed by atoms with Gasteiger partial charge in [-0.05, 0) is 25.3 Å². The Balaban J connectivity index is 2.36. The second kappa shape index (κ2) is 3.95. The van der Waals surface area contributed by atoms with Crippen LogP contribution in [0, 0.1) is 0 Å². The topological polar surface area (TPSA) is 30.7 Å². The Labute approximate surface area is 108 Å². The molecule has 0 spiro atoms. The monoisotopic (exact) mass is 269 g/mol. The lowest BCUT2D eigenvalue weighted by molar-refractivity contribution is -0.136. The number of pyridine rings is 1. The van der Waals surface area contributed by atoms with E-state index in [1.165, 1.54) is 4.68 Å². The van der Waals surface area contributed by atoms with E-state index in [1.807, 2.05) is 0 Å². The quantitative estimate of drug-likeness (QED) is 0.836. The third kappa shape index (κ3) is 1.99. The summed E-state index contributed by atoms with van der Waals surface area (Å²) in [6.45, 7) is 1.80. The fourth-order valence-corrected chi connectivity index (χ4v) is 2.38. The molecule has 0 bridgehead atoms. The Morgan fingerprint density at radius 1 is 1.37 bits per heavy atom. The lowest BCUT2D eigenvalue weighted by Crippen LogP contribution is -2.08. The maximum absolute atomic E-state index is 13.2. The van der Waals surface area contributed by atoms with Crippen molar-refractivity contribution >= 4 is 11.0 Å². The molecule has 1 saturated carbocycles. The van der Waals surface area contributed by atoms with Gasteiger partial charge in [0, 0.05) is 18.7 Å². The van der Waals surface area contributed by atoms with Crippen molar-refractivity contribution in [3.8, 4) is 0 Å². The van der Waals surface area contributed by atoms with Gasteiger partial charge in [0.2, 0.25) is 0 Å². The van der Waals surface area contributed by atoms with Gasteiger partial charge >= 0.3 is 6.18 Å². The van der Waals surface area contributed by atoms with Gasteiger partial charge in [0.05, 0.1) is 16.6 Å². The zero-order valence-corrected chi connectivity index (χ0v) is 10.8. The van der Waals surface area contributed by atoms with Crippen molar-refractivity contribution in [2.24, 2.45) is 7.05 Å². The van der Waals surface area contributed by atoms with Crippen LogP contribution in [0.4, 0.5) is 13.2 Å². The zero-order chi connectivity index (χ0) is 13.8. The second-order valence-electron chi connectivity index (χ2n) is 4.99. The zero-order valence-electron chi connectivity index (χ0n) is 10.8. The molecule has 6 heteroatoms. The average Bonchev–Trinajstić information content (AvgIpc) is 3.13. The Bertz CT molecular complexity index is 639. The summed E-state index contributed by atoms with van der Waals surface area (Å²) in [4.78, 5) is 4.30. The van der Waals surface area contributed by atoms with Crippen LogP contribution < -0.4 is 0 Å². The summed E-state index contributed by atoms with van der Waals surface area (Å²) in [7, 11) is 1.65. The highest BCUT2D eigenvalue weighted by atomic mass is 19.4. The van der Waals surface area contributed by atoms with E-state index in [2.05, 4.69) is 10.1 Å². The van der Waals surface area contributed by atoms with E-state index in [0.29, 0.717) is 23.5 Å². The van der Waals surface area contributed by atoms with Crippen LogP contribution in [0.15, 0.2) is 6.07 Å². The minimum atomic E-state index is -4.36. The first-order chi connectivity index (χ1) is 8.91. The summed E-state index contributed by atoms with van der Waals surface area (Å²) in [5.74, 6) is 0.166. The van der Waals surface area contributed by atoms with Crippen LogP contribution in [-0.4, -0.2) is 14.8 Å². The molecule has 0 radical (unpaired) electrons. The summed E-state index contributed by atoms with van der Waals surface area (Å²) in [5, 5.41) is 4.45. The number of alkyl halides is 3. The van der Waals surface area contributed by atoms with Gasteiger partial charge in [0.1, 0.15) is 0 Å². The van der Waals surface area contributed by atoms with E-state index in [-0.39, 0.29) is 11.3 Å². The van der Waals surface area contributed by atoms with Crippen LogP contribution in [0.5, 0.6) is 0 Å². The molecule has 2 aromatic heterocycles. The van der Waals surface area contributed by atoms with Crippen molar-refractivity contribution in [1.82, 2.24) is 14.8 Å². The minimum Gasteiger partial charge on any atom is -0.250 e. The van der Waals surface area contributed by atoms with E-state index in [0.717, 1.165) is 18.9 Å². The molecule has 0 N–H and O–H groups in total. The highest BCUT2D eigenvalue weighted by molar-refractivity contribution is 5.84. The molecule has 19 heavy (non-hydrogen) atoms. The van der Waals surface area contributed by atoms with Gasteiger partial charge in [-0.25, -0.2) is 4.98 Å². The van der Waals surface area contributed by atoms with E-state index in [4.69, 9.17) is 0 Å². The molecule has 3 rings (SSSR count). The summed E-state index contributed by atoms with van der Waals surface area (Å²) in [6.07, 6.45) is -2.06. The van der Waals surface area contributed by atoms with Crippen LogP contribution in [-0.2, 0) is 19.6 Å². The Hall–Kier alpha value is -1.59. The number of aromatic nitrogens is 3. The normalized spacial score (nSPS) is 16.3. The van der Waals surface area contributed by atoms with Crippen molar-refractivity contribution in [3.05, 3.63) is 23.0 Å². The largest absolute Gasteiger partial charge is 0.417 e. The summed E-state index contributed by atoms with van der Waals surface area (Å²) < 4.78 is 41.2. The highest BCUT2D eigenvalue weighted by Gasteiger charge is 2.38. The van der Waals surface area contributed by atoms with Gasteiger partial charge in [0.15, 0.2) is 5.65 Å². The molecule has 0 saturated heterocycles. The van der Waals surface area contributed by atoms with Crippen molar-refractivity contribution < 1.29 is 13.2 Å². The Morgan fingerprint density at radius 3 is 2.58 bits per heavy atom. The third-order valence-corrected chi connectivity index (χ3v) is 3.51. The van der Waals surface area contributed by atoms with Gasteiger partial charge in [-0.2, -0.15) is 18.3 Å². The summed E-state index contributed by atoms with van der Waals surface area (Å²) in [6, 6.07) is 1.16. The predicted molar refractivity (Wildman–Crippen MR) is 64.9 cm³/mol. The SMILES string of the molecule is CCc1cc(C(F)(F)F)c2c(C3CC3)nn(C)c2n1. The first-order valence-electron chi connectivity index (χ1n) is 6.35. The number of rotatable bonds is 2. The summed E-state index contributed by atoms with van der Waals surface area (Å²) >= 11 is 0. The average molecular weight is 269 g/mol. The van der Waals surface area contributed by atoms with E-state index < -0.39 is 11.7 Å². The molecule has 0 aliphatic heterocycles. The molecule has 0 unspecified atom stereocenters. The van der Waals surface area contributed by atoms with Gasteiger partial charge in [0.25, 0.3) is 0 Å². The molecule has 0 atom stereocenters. The fourth-order valence-electron chi connectivity index (χ4n) is 2.38. The second-order valence-corrected chi connectivity index (χ2v) is 4.99. The summed E-state index contributed by atoms with van der Waals surface area (Å²) in [5.41, 5.74) is 0.753. The van der Waals surface area contributed by atoms with Crippen LogP contribution in [0.25, 0.3) is 11.0 Å². The molecule has 1 aliphatic carbocycles. The molecular weight excluding hydrogens is 255 g/mol. The number of nitrogens with zero attached hydrogens (tertiary/aromatic N) is 3. The number of halogens is 3. The van der Waals surface area contributed by atoms with Crippen molar-refractivity contribution in [2.45, 2.75) is 38.3 Å². The fraction of sp³-hybridized carbons (Fsp3) is 0.538. The van der Waals surface area contributed by atoms with Crippen molar-refractivity contribution in [3.63, 3.8) is 0 Å². The van der Waals surface area contributed by atoms with Gasteiger partial charge in [-0.15, -0.1) is 0 Å². The Morgan fingerprint density at radius 2 is 2.05 bits per heavy atom. The standard InChI is InChI=1S/C13H14F3N3/c1-3-8-6-9(13(14,15)16)10-11(7-4-5-7)18-19(2)12(10)17-8/h6-7H,3-5H2,1-2H3. The number of aryl methyl sites for hydroxylation is 2. The van der Waals surface area contributed by atoms with Crippen LogP contribution >= 0.6 is 0 Å². The highest BCUT2D eigenvalue weighted by Crippen LogP contribution is 2.45. The van der Waals surface area contributed by atoms with Crippen molar-refractivity contribution in [2.75, 3.05) is 0 Å². The van der Waals surface area contributed by atoms with E-state index in [1.54, 1.807) is 14.0 Å². The number of hydrogen-bond acceptors (Lipinski definition) is 2. The predicted octanol–water partition coefficient (Wildman–Crippen LogP) is 3.43. The lowest BCUT2D eigenvalue weighted by Gasteiger charge is -2.10. The first kappa shape index (κ1) is 12.4. The molecule has 0 amide bonds. The van der Waals surface area contributed by atoms with Gasteiger partial charge < -0.3 is 0 Å². The molecule has 2 heterocycles. The molecule has 102 valence electrons. The maximum Gasteiger partial charge on any atom is 0.417 e. The minimum absolute atomic E-state index is 0.166. The molecule has 2 aromatic rings. The number of fused-ring (bicyclic) bond motifs is 1. The van der Waals surface area contributed by atoms with Crippen LogP contribution in [0.2, 0.25) is 0 Å². The van der Waals surface area contributed by atoms with E-state index >= 15 is 0 Å². The third-order valence-electron chi connectivity index (χ3n) is 3.51. The van der Waals surface area contributed by atoms with Crippen LogP contribution in [0.1, 0.15) is 42.6 Å². The Kier molecular flexibility index (Phi) is 2.59. The lowest BCUT2D eigenvalue weighted by atomic mass is 10.1. The maximum atomic E-state index is 13.2. The molecular formula is C13H14F3N3. The number of hydrogen-bond donors (Lipinski definition) is 0. The molecule has 3 nitrogen and oxygen atoms in total. The van der Waals surface area contributed by atoms with Crippen molar-refractivity contribution in [1.29, 1.82) is 0 Å². The molecule has 1 fully saturated rings. The smallest absolute Gasteiger partial charge is 0.250 e. The molecule has 0 aromatic carbocycles.